The summed E-state index contributed by atoms with van der Waals surface area (Å²) < 4.78 is 32.1. The summed E-state index contributed by atoms with van der Waals surface area (Å²) in [6, 6.07) is 9.36. The number of rotatable bonds is 5. The first-order chi connectivity index (χ1) is 11.0. The molecular weight excluding hydrogens is 368 g/mol. The van der Waals surface area contributed by atoms with Crippen molar-refractivity contribution in [2.45, 2.75) is 15.6 Å². The minimum atomic E-state index is -3.68. The van der Waals surface area contributed by atoms with Gasteiger partial charge in [0.05, 0.1) is 10.2 Å². The fourth-order valence-corrected chi connectivity index (χ4v) is 5.88. The van der Waals surface area contributed by atoms with Crippen LogP contribution in [0.3, 0.4) is 0 Å². The average molecular weight is 383 g/mol. The normalized spacial score (nSPS) is 12.8. The molecule has 120 valence electrons. The van der Waals surface area contributed by atoms with E-state index in [-0.39, 0.29) is 4.21 Å². The number of fused-ring (bicyclic) bond motifs is 1. The number of allylic oxidation sites excluding steroid dienone is 1. The number of thioether (sulfide) groups is 1. The van der Waals surface area contributed by atoms with Crippen molar-refractivity contribution >= 4 is 54.7 Å². The quantitative estimate of drug-likeness (QED) is 0.496. The fourth-order valence-electron chi connectivity index (χ4n) is 2.11. The zero-order valence-electron chi connectivity index (χ0n) is 12.3. The molecule has 3 aromatic rings. The first kappa shape index (κ1) is 16.5. The van der Waals surface area contributed by atoms with Crippen LogP contribution < -0.4 is 4.80 Å². The molecule has 0 N–H and O–H groups in total. The van der Waals surface area contributed by atoms with E-state index in [2.05, 4.69) is 17.0 Å². The molecule has 4 nitrogen and oxygen atoms in total. The van der Waals surface area contributed by atoms with Crippen LogP contribution in [0.2, 0.25) is 0 Å². The van der Waals surface area contributed by atoms with Crippen LogP contribution in [0.5, 0.6) is 0 Å². The van der Waals surface area contributed by atoms with Gasteiger partial charge in [0.1, 0.15) is 4.21 Å². The number of aromatic nitrogens is 1. The molecule has 0 fully saturated rings. The molecule has 2 heterocycles. The van der Waals surface area contributed by atoms with Crippen molar-refractivity contribution in [2.24, 2.45) is 4.40 Å². The van der Waals surface area contributed by atoms with E-state index in [9.17, 15) is 8.42 Å². The number of nitrogens with zero attached hydrogens (tertiary/aromatic N) is 2. The largest absolute Gasteiger partial charge is 0.312 e. The second-order valence-electron chi connectivity index (χ2n) is 4.62. The molecule has 2 aromatic heterocycles. The van der Waals surface area contributed by atoms with E-state index in [4.69, 9.17) is 0 Å². The Morgan fingerprint density at radius 1 is 1.39 bits per heavy atom. The third kappa shape index (κ3) is 3.30. The Balaban J connectivity index is 2.25. The second-order valence-corrected chi connectivity index (χ2v) is 9.28. The maximum absolute atomic E-state index is 12.4. The van der Waals surface area contributed by atoms with Crippen LogP contribution in [0.25, 0.3) is 10.2 Å². The van der Waals surface area contributed by atoms with Gasteiger partial charge in [-0.05, 0) is 35.9 Å². The minimum absolute atomic E-state index is 0.255. The molecule has 0 aliphatic carbocycles. The van der Waals surface area contributed by atoms with Crippen LogP contribution in [-0.2, 0) is 16.6 Å². The Morgan fingerprint density at radius 2 is 2.22 bits per heavy atom. The van der Waals surface area contributed by atoms with E-state index >= 15 is 0 Å². The number of sulfonamides is 1. The number of hydrogen-bond acceptors (Lipinski definition) is 5. The second kappa shape index (κ2) is 6.64. The topological polar surface area (TPSA) is 51.4 Å². The summed E-state index contributed by atoms with van der Waals surface area (Å²) in [5.41, 5.74) is 0.966. The molecule has 3 rings (SSSR count). The molecule has 0 aliphatic heterocycles. The summed E-state index contributed by atoms with van der Waals surface area (Å²) in [6.45, 7) is 4.27. The monoisotopic (exact) mass is 382 g/mol. The predicted molar refractivity (Wildman–Crippen MR) is 98.9 cm³/mol. The first-order valence-electron chi connectivity index (χ1n) is 6.68. The van der Waals surface area contributed by atoms with E-state index < -0.39 is 10.0 Å². The number of hydrogen-bond donors (Lipinski definition) is 0. The van der Waals surface area contributed by atoms with Crippen LogP contribution >= 0.6 is 34.4 Å². The van der Waals surface area contributed by atoms with Gasteiger partial charge in [-0.3, -0.25) is 0 Å². The van der Waals surface area contributed by atoms with E-state index in [0.717, 1.165) is 15.1 Å². The van der Waals surface area contributed by atoms with Crippen molar-refractivity contribution in [1.29, 1.82) is 0 Å². The van der Waals surface area contributed by atoms with Crippen LogP contribution in [0.15, 0.2) is 61.9 Å². The summed E-state index contributed by atoms with van der Waals surface area (Å²) in [7, 11) is -3.68. The molecule has 0 aliphatic rings. The van der Waals surface area contributed by atoms with E-state index in [1.54, 1.807) is 35.4 Å². The first-order valence-corrected chi connectivity index (χ1v) is 11.0. The average Bonchev–Trinajstić information content (AvgIpc) is 3.16. The molecule has 0 radical (unpaired) electrons. The van der Waals surface area contributed by atoms with Crippen LogP contribution in [0.1, 0.15) is 0 Å². The van der Waals surface area contributed by atoms with Crippen molar-refractivity contribution in [3.8, 4) is 0 Å². The Kier molecular flexibility index (Phi) is 4.77. The standard InChI is InChI=1S/C15H14N2O2S4/c1-3-8-17-12-7-6-11(20-2)10-13(12)22-15(17)16-23(18,19)14-5-4-9-21-14/h3-7,9-10H,1,8H2,2H3/b16-15-. The van der Waals surface area contributed by atoms with E-state index in [0.29, 0.717) is 11.3 Å². The van der Waals surface area contributed by atoms with Crippen LogP contribution in [-0.4, -0.2) is 19.2 Å². The van der Waals surface area contributed by atoms with Gasteiger partial charge in [-0.2, -0.15) is 8.42 Å². The highest BCUT2D eigenvalue weighted by Gasteiger charge is 2.15. The van der Waals surface area contributed by atoms with Gasteiger partial charge in [0.25, 0.3) is 10.0 Å². The van der Waals surface area contributed by atoms with Gasteiger partial charge in [0.15, 0.2) is 0 Å². The lowest BCUT2D eigenvalue weighted by Gasteiger charge is -2.01. The molecule has 0 atom stereocenters. The van der Waals surface area contributed by atoms with Gasteiger partial charge in [-0.15, -0.1) is 34.1 Å². The van der Waals surface area contributed by atoms with Gasteiger partial charge in [0.2, 0.25) is 4.80 Å². The molecule has 0 spiro atoms. The van der Waals surface area contributed by atoms with Gasteiger partial charge < -0.3 is 4.57 Å². The van der Waals surface area contributed by atoms with Crippen molar-refractivity contribution in [2.75, 3.05) is 6.26 Å². The third-order valence-electron chi connectivity index (χ3n) is 3.15. The van der Waals surface area contributed by atoms with Crippen LogP contribution in [0, 0.1) is 0 Å². The highest BCUT2D eigenvalue weighted by atomic mass is 32.2. The van der Waals surface area contributed by atoms with E-state index in [1.807, 2.05) is 23.0 Å². The fraction of sp³-hybridized carbons (Fsp3) is 0.133. The summed E-state index contributed by atoms with van der Waals surface area (Å²) in [5, 5.41) is 1.73. The van der Waals surface area contributed by atoms with Gasteiger partial charge in [-0.25, -0.2) is 0 Å². The number of thiazole rings is 1. The molecular formula is C15H14N2O2S4. The molecule has 0 amide bonds. The van der Waals surface area contributed by atoms with Crippen molar-refractivity contribution in [3.05, 3.63) is 53.2 Å². The lowest BCUT2D eigenvalue weighted by molar-refractivity contribution is 0.598. The van der Waals surface area contributed by atoms with Gasteiger partial charge in [0, 0.05) is 11.4 Å². The minimum Gasteiger partial charge on any atom is -0.312 e. The molecule has 23 heavy (non-hydrogen) atoms. The Morgan fingerprint density at radius 3 is 2.87 bits per heavy atom. The predicted octanol–water partition coefficient (Wildman–Crippen LogP) is 3.96. The van der Waals surface area contributed by atoms with Crippen molar-refractivity contribution in [3.63, 3.8) is 0 Å². The summed E-state index contributed by atoms with van der Waals surface area (Å²) >= 11 is 4.20. The highest BCUT2D eigenvalue weighted by molar-refractivity contribution is 7.98. The van der Waals surface area contributed by atoms with Crippen molar-refractivity contribution in [1.82, 2.24) is 4.57 Å². The molecule has 0 saturated heterocycles. The molecule has 8 heteroatoms. The lowest BCUT2D eigenvalue weighted by atomic mass is 10.3. The third-order valence-corrected chi connectivity index (χ3v) is 7.67. The zero-order chi connectivity index (χ0) is 16.4. The Labute approximate surface area is 146 Å². The maximum atomic E-state index is 12.4. The summed E-state index contributed by atoms with van der Waals surface area (Å²) in [4.78, 5) is 1.60. The van der Waals surface area contributed by atoms with Gasteiger partial charge in [-0.1, -0.05) is 23.5 Å². The van der Waals surface area contributed by atoms with E-state index in [1.165, 1.54) is 22.7 Å². The Bertz CT molecular complexity index is 1010. The number of thiophene rings is 1. The molecule has 1 aromatic carbocycles. The molecule has 0 bridgehead atoms. The smallest absolute Gasteiger partial charge is 0.294 e. The van der Waals surface area contributed by atoms with Gasteiger partial charge >= 0.3 is 0 Å². The van der Waals surface area contributed by atoms with Crippen LogP contribution in [0.4, 0.5) is 0 Å². The maximum Gasteiger partial charge on any atom is 0.294 e. The summed E-state index contributed by atoms with van der Waals surface area (Å²) in [6.07, 6.45) is 3.75. The Hall–Kier alpha value is -1.35. The lowest BCUT2D eigenvalue weighted by Crippen LogP contribution is -2.16. The molecule has 0 unspecified atom stereocenters. The highest BCUT2D eigenvalue weighted by Crippen LogP contribution is 2.25. The SMILES string of the molecule is C=CCn1/c(=N/S(=O)(=O)c2cccs2)sc2cc(SC)ccc21. The molecule has 0 saturated carbocycles. The van der Waals surface area contributed by atoms with Crippen molar-refractivity contribution < 1.29 is 8.42 Å². The number of benzene rings is 1. The summed E-state index contributed by atoms with van der Waals surface area (Å²) in [5.74, 6) is 0. The zero-order valence-corrected chi connectivity index (χ0v) is 15.6.